The third-order valence-corrected chi connectivity index (χ3v) is 1.86. The van der Waals surface area contributed by atoms with Gasteiger partial charge in [-0.3, -0.25) is 0 Å². The SMILES string of the molecule is C=C(OCC)c1ccn2nccc2n1. The maximum absolute atomic E-state index is 5.27. The Bertz CT molecular complexity index is 461. The van der Waals surface area contributed by atoms with Gasteiger partial charge in [0.25, 0.3) is 0 Å². The topological polar surface area (TPSA) is 39.4 Å². The molecule has 72 valence electrons. The molecule has 0 spiro atoms. The summed E-state index contributed by atoms with van der Waals surface area (Å²) < 4.78 is 6.96. The van der Waals surface area contributed by atoms with Crippen molar-refractivity contribution in [2.75, 3.05) is 6.61 Å². The van der Waals surface area contributed by atoms with Crippen LogP contribution in [-0.2, 0) is 4.74 Å². The molecule has 2 aromatic heterocycles. The lowest BCUT2D eigenvalue weighted by atomic mass is 10.3. The van der Waals surface area contributed by atoms with Gasteiger partial charge in [-0.15, -0.1) is 0 Å². The molecular formula is C10H11N3O. The predicted octanol–water partition coefficient (Wildman–Crippen LogP) is 1.74. The quantitative estimate of drug-likeness (QED) is 0.690. The molecule has 4 heteroatoms. The minimum absolute atomic E-state index is 0.594. The number of fused-ring (bicyclic) bond motifs is 1. The van der Waals surface area contributed by atoms with Gasteiger partial charge in [0, 0.05) is 12.3 Å². The second-order valence-electron chi connectivity index (χ2n) is 2.80. The van der Waals surface area contributed by atoms with Gasteiger partial charge in [-0.25, -0.2) is 9.50 Å². The largest absolute Gasteiger partial charge is 0.492 e. The van der Waals surface area contributed by atoms with Crippen LogP contribution in [0.5, 0.6) is 0 Å². The standard InChI is InChI=1S/C10H11N3O/c1-3-14-8(2)9-5-7-13-10(12-9)4-6-11-13/h4-7H,2-3H2,1H3. The van der Waals surface area contributed by atoms with Crippen LogP contribution in [0.2, 0.25) is 0 Å². The van der Waals surface area contributed by atoms with Gasteiger partial charge in [-0.05, 0) is 13.0 Å². The number of rotatable bonds is 3. The Hall–Kier alpha value is -1.84. The van der Waals surface area contributed by atoms with Crippen LogP contribution in [0.15, 0.2) is 31.1 Å². The minimum Gasteiger partial charge on any atom is -0.492 e. The summed E-state index contributed by atoms with van der Waals surface area (Å²) in [5.41, 5.74) is 1.54. The molecule has 0 aliphatic carbocycles. The minimum atomic E-state index is 0.594. The van der Waals surface area contributed by atoms with E-state index in [-0.39, 0.29) is 0 Å². The van der Waals surface area contributed by atoms with Crippen molar-refractivity contribution in [2.24, 2.45) is 0 Å². The number of hydrogen-bond donors (Lipinski definition) is 0. The zero-order valence-corrected chi connectivity index (χ0v) is 7.97. The Labute approximate surface area is 81.8 Å². The summed E-state index contributed by atoms with van der Waals surface area (Å²) in [6.07, 6.45) is 3.54. The molecule has 0 saturated heterocycles. The van der Waals surface area contributed by atoms with Crippen LogP contribution in [-0.4, -0.2) is 21.2 Å². The van der Waals surface area contributed by atoms with Crippen LogP contribution < -0.4 is 0 Å². The van der Waals surface area contributed by atoms with E-state index in [0.717, 1.165) is 11.3 Å². The maximum atomic E-state index is 5.27. The van der Waals surface area contributed by atoms with E-state index in [0.29, 0.717) is 12.4 Å². The van der Waals surface area contributed by atoms with Crippen LogP contribution in [0, 0.1) is 0 Å². The normalized spacial score (nSPS) is 10.4. The smallest absolute Gasteiger partial charge is 0.155 e. The molecule has 0 aliphatic heterocycles. The molecular weight excluding hydrogens is 178 g/mol. The molecule has 0 radical (unpaired) electrons. The fourth-order valence-electron chi connectivity index (χ4n) is 1.22. The molecule has 0 N–H and O–H groups in total. The van der Waals surface area contributed by atoms with Gasteiger partial charge >= 0.3 is 0 Å². The Balaban J connectivity index is 2.38. The van der Waals surface area contributed by atoms with Crippen molar-refractivity contribution in [3.05, 3.63) is 36.8 Å². The van der Waals surface area contributed by atoms with Gasteiger partial charge < -0.3 is 4.74 Å². The molecule has 0 fully saturated rings. The summed E-state index contributed by atoms with van der Waals surface area (Å²) in [6, 6.07) is 3.67. The summed E-state index contributed by atoms with van der Waals surface area (Å²) in [6.45, 7) is 6.31. The maximum Gasteiger partial charge on any atom is 0.155 e. The summed E-state index contributed by atoms with van der Waals surface area (Å²) in [5, 5.41) is 4.05. The van der Waals surface area contributed by atoms with Crippen molar-refractivity contribution < 1.29 is 4.74 Å². The fraction of sp³-hybridized carbons (Fsp3) is 0.200. The zero-order valence-electron chi connectivity index (χ0n) is 7.97. The molecule has 0 aromatic carbocycles. The molecule has 4 nitrogen and oxygen atoms in total. The molecule has 0 saturated carbocycles. The average molecular weight is 189 g/mol. The highest BCUT2D eigenvalue weighted by Crippen LogP contribution is 2.11. The first kappa shape index (κ1) is 8.74. The number of aromatic nitrogens is 3. The van der Waals surface area contributed by atoms with Gasteiger partial charge in [-0.1, -0.05) is 6.58 Å². The Morgan fingerprint density at radius 3 is 3.21 bits per heavy atom. The highest BCUT2D eigenvalue weighted by atomic mass is 16.5. The molecule has 0 aliphatic rings. The highest BCUT2D eigenvalue weighted by Gasteiger charge is 2.02. The van der Waals surface area contributed by atoms with E-state index in [2.05, 4.69) is 16.7 Å². The van der Waals surface area contributed by atoms with Gasteiger partial charge in [0.05, 0.1) is 12.8 Å². The fourth-order valence-corrected chi connectivity index (χ4v) is 1.22. The second kappa shape index (κ2) is 3.49. The van der Waals surface area contributed by atoms with Gasteiger partial charge in [-0.2, -0.15) is 5.10 Å². The van der Waals surface area contributed by atoms with Crippen molar-refractivity contribution in [2.45, 2.75) is 6.92 Å². The van der Waals surface area contributed by atoms with Gasteiger partial charge in [0.2, 0.25) is 0 Å². The van der Waals surface area contributed by atoms with Gasteiger partial charge in [0.1, 0.15) is 11.5 Å². The van der Waals surface area contributed by atoms with E-state index in [1.165, 1.54) is 0 Å². The van der Waals surface area contributed by atoms with Crippen LogP contribution >= 0.6 is 0 Å². The Morgan fingerprint density at radius 2 is 2.43 bits per heavy atom. The lowest BCUT2D eigenvalue weighted by Gasteiger charge is -2.05. The van der Waals surface area contributed by atoms with Crippen LogP contribution in [0.1, 0.15) is 12.6 Å². The molecule has 2 aromatic rings. The van der Waals surface area contributed by atoms with E-state index in [1.54, 1.807) is 10.7 Å². The van der Waals surface area contributed by atoms with E-state index in [9.17, 15) is 0 Å². The Kier molecular flexibility index (Phi) is 2.18. The lowest BCUT2D eigenvalue weighted by Crippen LogP contribution is -1.96. The first-order valence-electron chi connectivity index (χ1n) is 4.43. The molecule has 2 heterocycles. The summed E-state index contributed by atoms with van der Waals surface area (Å²) in [5.74, 6) is 0.594. The molecule has 14 heavy (non-hydrogen) atoms. The monoisotopic (exact) mass is 189 g/mol. The van der Waals surface area contributed by atoms with Crippen molar-refractivity contribution in [1.29, 1.82) is 0 Å². The lowest BCUT2D eigenvalue weighted by molar-refractivity contribution is 0.298. The van der Waals surface area contributed by atoms with Crippen molar-refractivity contribution in [3.8, 4) is 0 Å². The predicted molar refractivity (Wildman–Crippen MR) is 53.6 cm³/mol. The highest BCUT2D eigenvalue weighted by molar-refractivity contribution is 5.55. The molecule has 2 rings (SSSR count). The molecule has 0 atom stereocenters. The first-order valence-corrected chi connectivity index (χ1v) is 4.43. The number of ether oxygens (including phenoxy) is 1. The summed E-state index contributed by atoms with van der Waals surface area (Å²) >= 11 is 0. The van der Waals surface area contributed by atoms with Crippen LogP contribution in [0.4, 0.5) is 0 Å². The van der Waals surface area contributed by atoms with Gasteiger partial charge in [0.15, 0.2) is 5.65 Å². The molecule has 0 unspecified atom stereocenters. The third kappa shape index (κ3) is 1.46. The van der Waals surface area contributed by atoms with Crippen molar-refractivity contribution >= 4 is 11.4 Å². The molecule has 0 amide bonds. The number of nitrogens with zero attached hydrogens (tertiary/aromatic N) is 3. The van der Waals surface area contributed by atoms with E-state index < -0.39 is 0 Å². The van der Waals surface area contributed by atoms with E-state index >= 15 is 0 Å². The zero-order chi connectivity index (χ0) is 9.97. The van der Waals surface area contributed by atoms with Crippen molar-refractivity contribution in [3.63, 3.8) is 0 Å². The third-order valence-electron chi connectivity index (χ3n) is 1.86. The second-order valence-corrected chi connectivity index (χ2v) is 2.80. The van der Waals surface area contributed by atoms with Crippen LogP contribution in [0.3, 0.4) is 0 Å². The van der Waals surface area contributed by atoms with E-state index in [1.807, 2.05) is 25.3 Å². The average Bonchev–Trinajstić information content (AvgIpc) is 2.64. The van der Waals surface area contributed by atoms with E-state index in [4.69, 9.17) is 4.74 Å². The number of hydrogen-bond acceptors (Lipinski definition) is 3. The van der Waals surface area contributed by atoms with Crippen molar-refractivity contribution in [1.82, 2.24) is 14.6 Å². The summed E-state index contributed by atoms with van der Waals surface area (Å²) in [4.78, 5) is 4.33. The Morgan fingerprint density at radius 1 is 1.57 bits per heavy atom. The van der Waals surface area contributed by atoms with Crippen LogP contribution in [0.25, 0.3) is 11.4 Å². The summed E-state index contributed by atoms with van der Waals surface area (Å²) in [7, 11) is 0. The first-order chi connectivity index (χ1) is 6.81. The molecule has 0 bridgehead atoms.